The van der Waals surface area contributed by atoms with Gasteiger partial charge in [0.2, 0.25) is 0 Å². The first kappa shape index (κ1) is 25.0. The summed E-state index contributed by atoms with van der Waals surface area (Å²) in [6.07, 6.45) is 22.6. The monoisotopic (exact) mass is 368 g/mol. The number of ether oxygens (including phenoxy) is 2. The minimum absolute atomic E-state index is 0.272. The van der Waals surface area contributed by atoms with Crippen molar-refractivity contribution in [3.63, 3.8) is 0 Å². The molecule has 0 spiro atoms. The summed E-state index contributed by atoms with van der Waals surface area (Å²) < 4.78 is 10.6. The number of carbonyl (C=O) groups excluding carboxylic acids is 1. The molecule has 3 heteroatoms. The average Bonchev–Trinajstić information content (AvgIpc) is 2.56. The predicted octanol–water partition coefficient (Wildman–Crippen LogP) is 7.34. The van der Waals surface area contributed by atoms with Crippen molar-refractivity contribution in [2.75, 3.05) is 6.61 Å². The molecule has 0 saturated heterocycles. The lowest BCUT2D eigenvalue weighted by Gasteiger charge is -2.19. The predicted molar refractivity (Wildman–Crippen MR) is 111 cm³/mol. The van der Waals surface area contributed by atoms with Gasteiger partial charge in [-0.3, -0.25) is 4.79 Å². The van der Waals surface area contributed by atoms with E-state index in [-0.39, 0.29) is 5.97 Å². The van der Waals surface area contributed by atoms with Gasteiger partial charge in [0.1, 0.15) is 5.60 Å². The van der Waals surface area contributed by atoms with Crippen LogP contribution in [0.15, 0.2) is 12.3 Å². The molecule has 0 rings (SSSR count). The van der Waals surface area contributed by atoms with Crippen molar-refractivity contribution in [3.8, 4) is 0 Å². The van der Waals surface area contributed by atoms with Crippen molar-refractivity contribution in [2.24, 2.45) is 0 Å². The Morgan fingerprint density at radius 1 is 0.769 bits per heavy atom. The van der Waals surface area contributed by atoms with Crippen LogP contribution in [0.1, 0.15) is 118 Å². The molecule has 0 N–H and O–H groups in total. The summed E-state index contributed by atoms with van der Waals surface area (Å²) in [5, 5.41) is 0. The van der Waals surface area contributed by atoms with E-state index in [0.29, 0.717) is 0 Å². The first-order valence-electron chi connectivity index (χ1n) is 11.0. The van der Waals surface area contributed by atoms with Crippen LogP contribution in [0.25, 0.3) is 0 Å². The van der Waals surface area contributed by atoms with Crippen molar-refractivity contribution in [1.29, 1.82) is 0 Å². The zero-order valence-corrected chi connectivity index (χ0v) is 18.0. The lowest BCUT2D eigenvalue weighted by molar-refractivity contribution is -0.149. The van der Waals surface area contributed by atoms with Crippen LogP contribution in [0.3, 0.4) is 0 Å². The zero-order chi connectivity index (χ0) is 19.5. The molecule has 0 heterocycles. The van der Waals surface area contributed by atoms with E-state index >= 15 is 0 Å². The Hall–Kier alpha value is -0.990. The van der Waals surface area contributed by atoms with Gasteiger partial charge in [-0.1, -0.05) is 90.4 Å². The van der Waals surface area contributed by atoms with E-state index < -0.39 is 5.60 Å². The third-order valence-corrected chi connectivity index (χ3v) is 4.59. The maximum Gasteiger partial charge on any atom is 0.303 e. The van der Waals surface area contributed by atoms with Gasteiger partial charge in [-0.2, -0.15) is 0 Å². The fraction of sp³-hybridized carbons (Fsp3) is 0.870. The van der Waals surface area contributed by atoms with Crippen LogP contribution >= 0.6 is 0 Å². The number of hydrogen-bond acceptors (Lipinski definition) is 3. The third-order valence-electron chi connectivity index (χ3n) is 4.59. The Kier molecular flexibility index (Phi) is 16.8. The zero-order valence-electron chi connectivity index (χ0n) is 18.0. The van der Waals surface area contributed by atoms with E-state index in [0.717, 1.165) is 13.0 Å². The second kappa shape index (κ2) is 17.4. The quantitative estimate of drug-likeness (QED) is 0.144. The highest BCUT2D eigenvalue weighted by Gasteiger charge is 2.16. The van der Waals surface area contributed by atoms with Crippen LogP contribution in [-0.2, 0) is 14.3 Å². The third kappa shape index (κ3) is 19.3. The molecule has 3 nitrogen and oxygen atoms in total. The van der Waals surface area contributed by atoms with Gasteiger partial charge in [-0.05, 0) is 26.3 Å². The summed E-state index contributed by atoms with van der Waals surface area (Å²) >= 11 is 0. The van der Waals surface area contributed by atoms with E-state index in [4.69, 9.17) is 9.47 Å². The number of rotatable bonds is 18. The molecule has 0 unspecified atom stereocenters. The summed E-state index contributed by atoms with van der Waals surface area (Å²) in [7, 11) is 0. The Morgan fingerprint density at radius 2 is 1.19 bits per heavy atom. The maximum absolute atomic E-state index is 10.9. The fourth-order valence-electron chi connectivity index (χ4n) is 3.06. The molecule has 0 amide bonds. The Labute approximate surface area is 162 Å². The van der Waals surface area contributed by atoms with Crippen LogP contribution < -0.4 is 0 Å². The largest absolute Gasteiger partial charge is 0.501 e. The van der Waals surface area contributed by atoms with Gasteiger partial charge in [0, 0.05) is 6.92 Å². The van der Waals surface area contributed by atoms with Gasteiger partial charge in [-0.15, -0.1) is 0 Å². The Balaban J connectivity index is 3.26. The molecule has 0 aliphatic carbocycles. The lowest BCUT2D eigenvalue weighted by Crippen LogP contribution is -2.24. The van der Waals surface area contributed by atoms with Gasteiger partial charge >= 0.3 is 5.97 Å². The van der Waals surface area contributed by atoms with Crippen molar-refractivity contribution < 1.29 is 14.3 Å². The molecule has 0 bridgehead atoms. The van der Waals surface area contributed by atoms with Crippen molar-refractivity contribution in [3.05, 3.63) is 12.3 Å². The molecule has 0 aliphatic heterocycles. The summed E-state index contributed by atoms with van der Waals surface area (Å²) in [4.78, 5) is 10.9. The highest BCUT2D eigenvalue weighted by molar-refractivity contribution is 5.66. The van der Waals surface area contributed by atoms with Crippen LogP contribution in [0.2, 0.25) is 0 Å². The van der Waals surface area contributed by atoms with E-state index in [1.807, 2.05) is 13.8 Å². The van der Waals surface area contributed by atoms with Crippen molar-refractivity contribution in [2.45, 2.75) is 123 Å². The summed E-state index contributed by atoms with van der Waals surface area (Å²) in [6.45, 7) is 8.14. The smallest absolute Gasteiger partial charge is 0.303 e. The average molecular weight is 369 g/mol. The second-order valence-electron chi connectivity index (χ2n) is 7.97. The Bertz CT molecular complexity index is 347. The van der Waals surface area contributed by atoms with Gasteiger partial charge in [0.25, 0.3) is 0 Å². The van der Waals surface area contributed by atoms with Crippen LogP contribution in [0, 0.1) is 0 Å². The molecule has 154 valence electrons. The van der Waals surface area contributed by atoms with Crippen molar-refractivity contribution >= 4 is 5.97 Å². The first-order chi connectivity index (χ1) is 12.5. The summed E-state index contributed by atoms with van der Waals surface area (Å²) in [5.41, 5.74) is -0.596. The molecular weight excluding hydrogens is 324 g/mol. The van der Waals surface area contributed by atoms with Crippen LogP contribution in [0.5, 0.6) is 0 Å². The maximum atomic E-state index is 10.9. The van der Waals surface area contributed by atoms with Crippen LogP contribution in [-0.4, -0.2) is 18.2 Å². The molecule has 0 aromatic rings. The highest BCUT2D eigenvalue weighted by Crippen LogP contribution is 2.13. The minimum atomic E-state index is -0.596. The molecule has 0 radical (unpaired) electrons. The molecule has 0 aromatic heterocycles. The summed E-state index contributed by atoms with van der Waals surface area (Å²) in [6, 6.07) is 0. The van der Waals surface area contributed by atoms with E-state index in [9.17, 15) is 4.79 Å². The Morgan fingerprint density at radius 3 is 1.62 bits per heavy atom. The number of esters is 1. The molecular formula is C23H44O3. The normalized spacial score (nSPS) is 11.8. The van der Waals surface area contributed by atoms with E-state index in [2.05, 4.69) is 6.92 Å². The van der Waals surface area contributed by atoms with Gasteiger partial charge in [0.15, 0.2) is 0 Å². The molecule has 0 aliphatic rings. The molecule has 0 fully saturated rings. The molecule has 26 heavy (non-hydrogen) atoms. The first-order valence-corrected chi connectivity index (χ1v) is 11.0. The number of unbranched alkanes of at least 4 members (excludes halogenated alkanes) is 13. The van der Waals surface area contributed by atoms with E-state index in [1.54, 1.807) is 12.3 Å². The topological polar surface area (TPSA) is 35.5 Å². The van der Waals surface area contributed by atoms with Crippen molar-refractivity contribution in [1.82, 2.24) is 0 Å². The SMILES string of the molecule is CCCCCCCCCCCCCCCCO/C=C/C(C)(C)OC(C)=O. The molecule has 0 aromatic carbocycles. The molecule has 0 atom stereocenters. The number of carbonyl (C=O) groups is 1. The molecule has 0 saturated carbocycles. The standard InChI is InChI=1S/C23H44O3/c1-5-6-7-8-9-10-11-12-13-14-15-16-17-18-20-25-21-19-23(3,4)26-22(2)24/h19,21H,5-18,20H2,1-4H3/b21-19+. The fourth-order valence-corrected chi connectivity index (χ4v) is 3.06. The number of hydrogen-bond donors (Lipinski definition) is 0. The van der Waals surface area contributed by atoms with Gasteiger partial charge in [0.05, 0.1) is 12.9 Å². The summed E-state index contributed by atoms with van der Waals surface area (Å²) in [5.74, 6) is -0.272. The second-order valence-corrected chi connectivity index (χ2v) is 7.97. The minimum Gasteiger partial charge on any atom is -0.501 e. The highest BCUT2D eigenvalue weighted by atomic mass is 16.6. The van der Waals surface area contributed by atoms with Crippen LogP contribution in [0.4, 0.5) is 0 Å². The van der Waals surface area contributed by atoms with E-state index in [1.165, 1.54) is 90.4 Å². The van der Waals surface area contributed by atoms with Gasteiger partial charge < -0.3 is 9.47 Å². The van der Waals surface area contributed by atoms with Gasteiger partial charge in [-0.25, -0.2) is 0 Å². The lowest BCUT2D eigenvalue weighted by atomic mass is 10.0.